The largest absolute Gasteiger partial charge is 0.700 e. The van der Waals surface area contributed by atoms with Crippen molar-refractivity contribution in [3.63, 3.8) is 0 Å². The predicted molar refractivity (Wildman–Crippen MR) is 25.3 cm³/mol. The number of hydrogen-bond donors (Lipinski definition) is 1. The van der Waals surface area contributed by atoms with E-state index >= 15 is 0 Å². The Kier molecular flexibility index (Phi) is 5.74. The van der Waals surface area contributed by atoms with Crippen molar-refractivity contribution in [3.05, 3.63) is 17.2 Å². The standard InChI is InChI=1S/C4H8NO.Mn/c1-3(5)4(2)6;/h5-6H,1-2H3;/q-1;/b4-3-;. The number of aliphatic hydroxyl groups is 1. The first-order chi connectivity index (χ1) is 2.64. The van der Waals surface area contributed by atoms with E-state index in [0.717, 1.165) is 0 Å². The zero-order chi connectivity index (χ0) is 5.15. The first-order valence-electron chi connectivity index (χ1n) is 1.72. The number of aliphatic hydroxyl groups excluding tert-OH is 1. The van der Waals surface area contributed by atoms with Gasteiger partial charge in [0.1, 0.15) is 0 Å². The molecule has 0 atom stereocenters. The molecule has 1 radical (unpaired) electrons. The maximum Gasteiger partial charge on any atom is 0.0699 e. The van der Waals surface area contributed by atoms with Crippen LogP contribution in [0.25, 0.3) is 5.73 Å². The summed E-state index contributed by atoms with van der Waals surface area (Å²) in [4.78, 5) is 0. The Bertz CT molecular complexity index is 61.8. The van der Waals surface area contributed by atoms with E-state index in [1.165, 1.54) is 13.8 Å². The molecule has 0 rings (SSSR count). The van der Waals surface area contributed by atoms with E-state index in [4.69, 9.17) is 10.8 Å². The number of nitrogens with one attached hydrogen (secondary N) is 1. The molecule has 0 aromatic rings. The van der Waals surface area contributed by atoms with Gasteiger partial charge in [-0.05, 0) is 6.92 Å². The molecule has 2 N–H and O–H groups in total. The van der Waals surface area contributed by atoms with Gasteiger partial charge >= 0.3 is 0 Å². The molecule has 0 heterocycles. The average molecular weight is 141 g/mol. The van der Waals surface area contributed by atoms with Crippen molar-refractivity contribution in [2.75, 3.05) is 0 Å². The van der Waals surface area contributed by atoms with Crippen LogP contribution in [-0.2, 0) is 17.1 Å². The maximum atomic E-state index is 8.32. The summed E-state index contributed by atoms with van der Waals surface area (Å²) in [5.74, 6) is 0.0926. The molecule has 43 valence electrons. The Morgan fingerprint density at radius 1 is 1.43 bits per heavy atom. The minimum absolute atomic E-state index is 0. The molecule has 0 aliphatic heterocycles. The summed E-state index contributed by atoms with van der Waals surface area (Å²) in [6.07, 6.45) is 0. The summed E-state index contributed by atoms with van der Waals surface area (Å²) in [5.41, 5.74) is 6.89. The van der Waals surface area contributed by atoms with Crippen LogP contribution in [0.5, 0.6) is 0 Å². The van der Waals surface area contributed by atoms with Crippen molar-refractivity contribution >= 4 is 0 Å². The Morgan fingerprint density at radius 3 is 1.57 bits per heavy atom. The molecular weight excluding hydrogens is 133 g/mol. The van der Waals surface area contributed by atoms with Crippen molar-refractivity contribution in [2.24, 2.45) is 0 Å². The van der Waals surface area contributed by atoms with Gasteiger partial charge in [-0.3, -0.25) is 0 Å². The fraction of sp³-hybridized carbons (Fsp3) is 0.500. The molecule has 7 heavy (non-hydrogen) atoms. The van der Waals surface area contributed by atoms with Gasteiger partial charge in [0.05, 0.1) is 5.76 Å². The summed E-state index contributed by atoms with van der Waals surface area (Å²) in [5, 5.41) is 8.32. The Morgan fingerprint density at radius 2 is 1.57 bits per heavy atom. The molecule has 0 aliphatic carbocycles. The molecule has 0 amide bonds. The van der Waals surface area contributed by atoms with Gasteiger partial charge in [-0.2, -0.15) is 0 Å². The van der Waals surface area contributed by atoms with E-state index in [-0.39, 0.29) is 28.5 Å². The minimum atomic E-state index is 0. The van der Waals surface area contributed by atoms with Crippen LogP contribution < -0.4 is 0 Å². The summed E-state index contributed by atoms with van der Waals surface area (Å²) >= 11 is 0. The number of rotatable bonds is 0. The molecule has 0 fully saturated rings. The van der Waals surface area contributed by atoms with Crippen LogP contribution in [0.15, 0.2) is 11.5 Å². The van der Waals surface area contributed by atoms with Crippen molar-refractivity contribution < 1.29 is 22.2 Å². The van der Waals surface area contributed by atoms with Gasteiger partial charge in [0.15, 0.2) is 0 Å². The van der Waals surface area contributed by atoms with Crippen molar-refractivity contribution in [3.8, 4) is 0 Å². The topological polar surface area (TPSA) is 44.0 Å². The third-order valence-electron chi connectivity index (χ3n) is 0.543. The SMILES string of the molecule is C/C([NH-])=C(\C)O.[Mn]. The summed E-state index contributed by atoms with van der Waals surface area (Å²) in [7, 11) is 0. The van der Waals surface area contributed by atoms with E-state index in [2.05, 4.69) is 0 Å². The quantitative estimate of drug-likeness (QED) is 0.406. The van der Waals surface area contributed by atoms with Gasteiger partial charge in [0, 0.05) is 17.1 Å². The molecule has 0 saturated heterocycles. The van der Waals surface area contributed by atoms with Crippen LogP contribution in [0.3, 0.4) is 0 Å². The Balaban J connectivity index is 0. The summed E-state index contributed by atoms with van der Waals surface area (Å²) < 4.78 is 0. The van der Waals surface area contributed by atoms with E-state index < -0.39 is 0 Å². The molecule has 0 unspecified atom stereocenters. The fourth-order valence-electron chi connectivity index (χ4n) is 0. The van der Waals surface area contributed by atoms with Crippen LogP contribution in [0.4, 0.5) is 0 Å². The van der Waals surface area contributed by atoms with Crippen LogP contribution in [-0.4, -0.2) is 5.11 Å². The zero-order valence-electron chi connectivity index (χ0n) is 4.33. The number of hydrogen-bond acceptors (Lipinski definition) is 1. The second kappa shape index (κ2) is 4.03. The van der Waals surface area contributed by atoms with Gasteiger partial charge in [-0.15, -0.1) is 5.70 Å². The minimum Gasteiger partial charge on any atom is -0.700 e. The maximum absolute atomic E-state index is 8.32. The van der Waals surface area contributed by atoms with Crippen molar-refractivity contribution in [1.82, 2.24) is 0 Å². The molecular formula is C4H8MnNO-. The average Bonchev–Trinajstić information content (AvgIpc) is 1.36. The molecule has 0 bridgehead atoms. The molecule has 0 aliphatic rings. The molecule has 0 aromatic heterocycles. The zero-order valence-corrected chi connectivity index (χ0v) is 5.51. The van der Waals surface area contributed by atoms with Crippen LogP contribution in [0.2, 0.25) is 0 Å². The van der Waals surface area contributed by atoms with Crippen molar-refractivity contribution in [1.29, 1.82) is 0 Å². The fourth-order valence-corrected chi connectivity index (χ4v) is 0. The van der Waals surface area contributed by atoms with Crippen molar-refractivity contribution in [2.45, 2.75) is 13.8 Å². The molecule has 2 nitrogen and oxygen atoms in total. The monoisotopic (exact) mass is 141 g/mol. The van der Waals surface area contributed by atoms with E-state index in [1.807, 2.05) is 0 Å². The molecule has 3 heteroatoms. The van der Waals surface area contributed by atoms with Crippen LogP contribution in [0.1, 0.15) is 13.8 Å². The third kappa shape index (κ3) is 5.86. The second-order valence-corrected chi connectivity index (χ2v) is 1.21. The molecule has 0 aromatic carbocycles. The normalized spacial score (nSPS) is 11.7. The Labute approximate surface area is 53.9 Å². The summed E-state index contributed by atoms with van der Waals surface area (Å²) in [6.45, 7) is 3.03. The third-order valence-corrected chi connectivity index (χ3v) is 0.543. The van der Waals surface area contributed by atoms with Gasteiger partial charge in [-0.1, -0.05) is 6.92 Å². The molecule has 0 saturated carbocycles. The molecule has 0 spiro atoms. The Hall–Kier alpha value is -0.141. The van der Waals surface area contributed by atoms with Gasteiger partial charge < -0.3 is 10.8 Å². The predicted octanol–water partition coefficient (Wildman–Crippen LogP) is 1.85. The smallest absolute Gasteiger partial charge is 0.0699 e. The van der Waals surface area contributed by atoms with Gasteiger partial charge in [0.2, 0.25) is 0 Å². The summed E-state index contributed by atoms with van der Waals surface area (Å²) in [6, 6.07) is 0. The first-order valence-corrected chi connectivity index (χ1v) is 1.72. The van der Waals surface area contributed by atoms with E-state index in [1.54, 1.807) is 0 Å². The van der Waals surface area contributed by atoms with Crippen LogP contribution in [0, 0.1) is 0 Å². The van der Waals surface area contributed by atoms with Crippen LogP contribution >= 0.6 is 0 Å². The first kappa shape index (κ1) is 9.97. The van der Waals surface area contributed by atoms with Gasteiger partial charge in [-0.25, -0.2) is 0 Å². The van der Waals surface area contributed by atoms with E-state index in [9.17, 15) is 0 Å². The van der Waals surface area contributed by atoms with E-state index in [0.29, 0.717) is 0 Å². The van der Waals surface area contributed by atoms with Gasteiger partial charge in [0.25, 0.3) is 0 Å². The number of allylic oxidation sites excluding steroid dienone is 2. The second-order valence-electron chi connectivity index (χ2n) is 1.21.